The van der Waals surface area contributed by atoms with Crippen molar-refractivity contribution in [3.05, 3.63) is 88.8 Å². The maximum absolute atomic E-state index is 13.0. The van der Waals surface area contributed by atoms with Gasteiger partial charge in [-0.15, -0.1) is 0 Å². The fraction of sp³-hybridized carbons (Fsp3) is 0.0455. The van der Waals surface area contributed by atoms with E-state index in [1.807, 2.05) is 18.2 Å². The number of aromatic nitrogens is 2. The first kappa shape index (κ1) is 18.2. The molecule has 2 N–H and O–H groups in total. The number of hydrogen-bond acceptors (Lipinski definition) is 5. The molecular formula is C22H14ClN3O4. The largest absolute Gasteiger partial charge is 0.507 e. The Bertz CT molecular complexity index is 1290. The van der Waals surface area contributed by atoms with Gasteiger partial charge in [-0.25, -0.2) is 4.98 Å². The minimum Gasteiger partial charge on any atom is -0.507 e. The van der Waals surface area contributed by atoms with Crippen molar-refractivity contribution < 1.29 is 19.1 Å². The fourth-order valence-corrected chi connectivity index (χ4v) is 3.80. The van der Waals surface area contributed by atoms with Crippen molar-refractivity contribution in [2.24, 2.45) is 0 Å². The van der Waals surface area contributed by atoms with Gasteiger partial charge in [-0.05, 0) is 36.4 Å². The first-order valence-electron chi connectivity index (χ1n) is 9.09. The summed E-state index contributed by atoms with van der Waals surface area (Å²) in [4.78, 5) is 34.7. The summed E-state index contributed by atoms with van der Waals surface area (Å²) in [5, 5.41) is 11.3. The molecule has 3 heterocycles. The molecule has 1 aliphatic rings. The number of fused-ring (bicyclic) bond motifs is 1. The summed E-state index contributed by atoms with van der Waals surface area (Å²) in [5.41, 5.74) is 1.57. The Morgan fingerprint density at radius 1 is 1.10 bits per heavy atom. The zero-order valence-corrected chi connectivity index (χ0v) is 16.1. The van der Waals surface area contributed by atoms with Crippen LogP contribution >= 0.6 is 11.6 Å². The van der Waals surface area contributed by atoms with E-state index in [-0.39, 0.29) is 17.3 Å². The number of amides is 1. The van der Waals surface area contributed by atoms with E-state index in [1.54, 1.807) is 36.4 Å². The molecule has 0 spiro atoms. The van der Waals surface area contributed by atoms with Crippen LogP contribution in [0.2, 0.25) is 5.02 Å². The number of hydrogen-bond donors (Lipinski definition) is 2. The summed E-state index contributed by atoms with van der Waals surface area (Å²) in [7, 11) is 0. The van der Waals surface area contributed by atoms with Gasteiger partial charge in [0.2, 0.25) is 5.95 Å². The van der Waals surface area contributed by atoms with Crippen LogP contribution in [-0.4, -0.2) is 26.8 Å². The molecule has 1 saturated heterocycles. The van der Waals surface area contributed by atoms with Crippen LogP contribution in [-0.2, 0) is 9.59 Å². The second-order valence-corrected chi connectivity index (χ2v) is 7.21. The summed E-state index contributed by atoms with van der Waals surface area (Å²) in [6.45, 7) is 0. The number of aliphatic hydroxyl groups is 1. The molecule has 30 heavy (non-hydrogen) atoms. The maximum atomic E-state index is 13.0. The van der Waals surface area contributed by atoms with E-state index >= 15 is 0 Å². The van der Waals surface area contributed by atoms with Gasteiger partial charge in [0.15, 0.2) is 0 Å². The second-order valence-electron chi connectivity index (χ2n) is 6.77. The minimum atomic E-state index is -0.987. The molecular weight excluding hydrogens is 406 g/mol. The second kappa shape index (κ2) is 6.89. The van der Waals surface area contributed by atoms with Crippen molar-refractivity contribution in [2.75, 3.05) is 4.90 Å². The van der Waals surface area contributed by atoms with E-state index in [2.05, 4.69) is 9.97 Å². The first-order chi connectivity index (χ1) is 14.5. The highest BCUT2D eigenvalue weighted by Crippen LogP contribution is 2.41. The standard InChI is InChI=1S/C22H14ClN3O4/c23-13-6-3-5-12(11-13)19(27)17-18(16-9-4-10-30-16)26(21(29)20(17)28)22-24-14-7-1-2-8-15(14)25-22/h1-11,18,27H,(H,24,25)/b19-17+. The van der Waals surface area contributed by atoms with Gasteiger partial charge in [0.25, 0.3) is 5.78 Å². The number of nitrogens with one attached hydrogen (secondary N) is 1. The molecule has 0 saturated carbocycles. The van der Waals surface area contributed by atoms with Gasteiger partial charge in [0.1, 0.15) is 17.6 Å². The molecule has 1 fully saturated rings. The molecule has 1 unspecified atom stereocenters. The molecule has 4 aromatic rings. The van der Waals surface area contributed by atoms with Crippen LogP contribution in [0.3, 0.4) is 0 Å². The molecule has 0 radical (unpaired) electrons. The smallest absolute Gasteiger partial charge is 0.302 e. The van der Waals surface area contributed by atoms with Crippen LogP contribution in [0.25, 0.3) is 16.8 Å². The number of imidazole rings is 1. The quantitative estimate of drug-likeness (QED) is 0.290. The number of carbonyl (C=O) groups excluding carboxylic acids is 2. The number of ketones is 1. The number of aromatic amines is 1. The monoisotopic (exact) mass is 419 g/mol. The van der Waals surface area contributed by atoms with Gasteiger partial charge in [-0.3, -0.25) is 14.5 Å². The maximum Gasteiger partial charge on any atom is 0.302 e. The van der Waals surface area contributed by atoms with Crippen molar-refractivity contribution in [3.63, 3.8) is 0 Å². The van der Waals surface area contributed by atoms with Crippen LogP contribution in [0, 0.1) is 0 Å². The average molecular weight is 420 g/mol. The first-order valence-corrected chi connectivity index (χ1v) is 9.47. The van der Waals surface area contributed by atoms with Crippen molar-refractivity contribution in [3.8, 4) is 0 Å². The Labute approximate surface area is 175 Å². The minimum absolute atomic E-state index is 0.0994. The molecule has 148 valence electrons. The third-order valence-electron chi connectivity index (χ3n) is 4.96. The summed E-state index contributed by atoms with van der Waals surface area (Å²) < 4.78 is 5.52. The topological polar surface area (TPSA) is 99.4 Å². The third kappa shape index (κ3) is 2.79. The Balaban J connectivity index is 1.73. The number of nitrogens with zero attached hydrogens (tertiary/aromatic N) is 2. The average Bonchev–Trinajstić information content (AvgIpc) is 3.46. The number of halogens is 1. The Kier molecular flexibility index (Phi) is 4.18. The number of aliphatic hydroxyl groups excluding tert-OH is 1. The molecule has 8 heteroatoms. The number of anilines is 1. The highest BCUT2D eigenvalue weighted by molar-refractivity contribution is 6.51. The zero-order valence-electron chi connectivity index (χ0n) is 15.4. The Morgan fingerprint density at radius 2 is 1.93 bits per heavy atom. The van der Waals surface area contributed by atoms with Gasteiger partial charge in [-0.1, -0.05) is 35.9 Å². The lowest BCUT2D eigenvalue weighted by Crippen LogP contribution is -2.30. The zero-order chi connectivity index (χ0) is 20.8. The normalized spacial score (nSPS) is 18.4. The molecule has 2 aromatic heterocycles. The third-order valence-corrected chi connectivity index (χ3v) is 5.20. The predicted molar refractivity (Wildman–Crippen MR) is 111 cm³/mol. The van der Waals surface area contributed by atoms with Gasteiger partial charge < -0.3 is 14.5 Å². The number of para-hydroxylation sites is 2. The van der Waals surface area contributed by atoms with Crippen LogP contribution in [0.5, 0.6) is 0 Å². The van der Waals surface area contributed by atoms with Crippen molar-refractivity contribution in [2.45, 2.75) is 6.04 Å². The van der Waals surface area contributed by atoms with Crippen molar-refractivity contribution >= 4 is 46.0 Å². The molecule has 0 bridgehead atoms. The fourth-order valence-electron chi connectivity index (χ4n) is 3.61. The molecule has 2 aromatic carbocycles. The lowest BCUT2D eigenvalue weighted by Gasteiger charge is -2.20. The van der Waals surface area contributed by atoms with Crippen LogP contribution < -0.4 is 4.90 Å². The summed E-state index contributed by atoms with van der Waals surface area (Å²) in [5.74, 6) is -1.49. The van der Waals surface area contributed by atoms with Gasteiger partial charge in [0, 0.05) is 10.6 Å². The van der Waals surface area contributed by atoms with Crippen LogP contribution in [0.15, 0.2) is 76.9 Å². The lowest BCUT2D eigenvalue weighted by atomic mass is 9.99. The molecule has 1 amide bonds. The molecule has 1 atom stereocenters. The SMILES string of the molecule is O=C1C(=O)N(c2nc3ccccc3[nH]2)C(c2ccco2)/C1=C(\O)c1cccc(Cl)c1. The number of furan rings is 1. The van der Waals surface area contributed by atoms with Crippen molar-refractivity contribution in [1.29, 1.82) is 0 Å². The number of carbonyl (C=O) groups is 2. The van der Waals surface area contributed by atoms with E-state index in [9.17, 15) is 14.7 Å². The number of Topliss-reactive ketones (excluding diaryl/α,β-unsaturated/α-hetero) is 1. The van der Waals surface area contributed by atoms with Gasteiger partial charge in [0.05, 0.1) is 22.9 Å². The molecule has 0 aliphatic carbocycles. The summed E-state index contributed by atoms with van der Waals surface area (Å²) in [6.07, 6.45) is 1.44. The highest BCUT2D eigenvalue weighted by atomic mass is 35.5. The Hall–Kier alpha value is -3.84. The molecule has 7 nitrogen and oxygen atoms in total. The van der Waals surface area contributed by atoms with E-state index in [1.165, 1.54) is 17.2 Å². The van der Waals surface area contributed by atoms with Crippen LogP contribution in [0.1, 0.15) is 17.4 Å². The van der Waals surface area contributed by atoms with E-state index in [4.69, 9.17) is 16.0 Å². The summed E-state index contributed by atoms with van der Waals surface area (Å²) >= 11 is 6.04. The van der Waals surface area contributed by atoms with E-state index in [0.29, 0.717) is 27.4 Å². The van der Waals surface area contributed by atoms with E-state index in [0.717, 1.165) is 0 Å². The predicted octanol–water partition coefficient (Wildman–Crippen LogP) is 4.44. The summed E-state index contributed by atoms with van der Waals surface area (Å²) in [6, 6.07) is 16.0. The molecule has 1 aliphatic heterocycles. The highest BCUT2D eigenvalue weighted by Gasteiger charge is 2.49. The number of rotatable bonds is 3. The van der Waals surface area contributed by atoms with Crippen molar-refractivity contribution in [1.82, 2.24) is 9.97 Å². The van der Waals surface area contributed by atoms with Gasteiger partial charge in [-0.2, -0.15) is 0 Å². The lowest BCUT2D eigenvalue weighted by molar-refractivity contribution is -0.132. The Morgan fingerprint density at radius 3 is 2.67 bits per heavy atom. The van der Waals surface area contributed by atoms with Crippen LogP contribution in [0.4, 0.5) is 5.95 Å². The number of benzene rings is 2. The molecule has 5 rings (SSSR count). The van der Waals surface area contributed by atoms with E-state index < -0.39 is 17.7 Å². The number of H-pyrrole nitrogens is 1. The van der Waals surface area contributed by atoms with Gasteiger partial charge >= 0.3 is 5.91 Å².